The van der Waals surface area contributed by atoms with Gasteiger partial charge in [0.2, 0.25) is 0 Å². The number of carbonyl (C=O) groups is 1. The molecule has 0 fully saturated rings. The number of rotatable bonds is 7. The molecule has 0 aliphatic heterocycles. The van der Waals surface area contributed by atoms with Crippen molar-refractivity contribution < 1.29 is 52.4 Å². The molecule has 84 valence electrons. The van der Waals surface area contributed by atoms with Crippen LogP contribution in [-0.2, 0) is 14.9 Å². The van der Waals surface area contributed by atoms with Crippen molar-refractivity contribution in [1.29, 1.82) is 0 Å². The van der Waals surface area contributed by atoms with Crippen molar-refractivity contribution in [2.45, 2.75) is 44.5 Å². The van der Waals surface area contributed by atoms with Crippen LogP contribution in [0.3, 0.4) is 0 Å². The summed E-state index contributed by atoms with van der Waals surface area (Å²) in [6.07, 6.45) is 2.14. The van der Waals surface area contributed by atoms with Crippen molar-refractivity contribution >= 4 is 15.9 Å². The zero-order chi connectivity index (χ0) is 11.2. The fraction of sp³-hybridized carbons (Fsp3) is 0.875. The molecule has 0 saturated carbocycles. The molecule has 1 atom stereocenters. The molecule has 0 aliphatic rings. The smallest absolute Gasteiger partial charge is 0.746 e. The number of aliphatic hydroxyl groups excluding tert-OH is 1. The Morgan fingerprint density at radius 1 is 1.40 bits per heavy atom. The molecule has 0 heterocycles. The monoisotopic (exact) mass is 246 g/mol. The first-order valence-corrected chi connectivity index (χ1v) is 5.99. The van der Waals surface area contributed by atoms with Crippen LogP contribution in [0.25, 0.3) is 0 Å². The predicted octanol–water partition coefficient (Wildman–Crippen LogP) is -2.61. The first kappa shape index (κ1) is 17.9. The molecular weight excluding hydrogens is 231 g/mol. The molecule has 0 aromatic heterocycles. The number of hydrogen-bond donors (Lipinski definition) is 1. The Labute approximate surface area is 112 Å². The zero-order valence-electron chi connectivity index (χ0n) is 9.10. The van der Waals surface area contributed by atoms with Crippen molar-refractivity contribution in [2.24, 2.45) is 0 Å². The predicted molar refractivity (Wildman–Crippen MR) is 49.5 cm³/mol. The van der Waals surface area contributed by atoms with E-state index >= 15 is 0 Å². The minimum Gasteiger partial charge on any atom is -0.746 e. The average molecular weight is 246 g/mol. The molecule has 1 N–H and O–H groups in total. The van der Waals surface area contributed by atoms with Crippen LogP contribution in [0.2, 0.25) is 0 Å². The van der Waals surface area contributed by atoms with Gasteiger partial charge in [0, 0.05) is 12.8 Å². The van der Waals surface area contributed by atoms with Gasteiger partial charge < -0.3 is 9.66 Å². The van der Waals surface area contributed by atoms with Crippen LogP contribution in [-0.4, -0.2) is 29.3 Å². The van der Waals surface area contributed by atoms with Crippen LogP contribution >= 0.6 is 0 Å². The summed E-state index contributed by atoms with van der Waals surface area (Å²) in [6.45, 7) is 1.97. The third-order valence-corrected chi connectivity index (χ3v) is 2.63. The maximum absolute atomic E-state index is 11.0. The largest absolute Gasteiger partial charge is 1.00 e. The summed E-state index contributed by atoms with van der Waals surface area (Å²) < 4.78 is 30.7. The van der Waals surface area contributed by atoms with Gasteiger partial charge in [-0.05, 0) is 6.42 Å². The van der Waals surface area contributed by atoms with E-state index in [1.807, 2.05) is 6.92 Å². The van der Waals surface area contributed by atoms with Crippen LogP contribution in [0.15, 0.2) is 0 Å². The summed E-state index contributed by atoms with van der Waals surface area (Å²) >= 11 is 0. The molecule has 1 unspecified atom stereocenters. The fourth-order valence-corrected chi connectivity index (χ4v) is 1.36. The van der Waals surface area contributed by atoms with Crippen LogP contribution < -0.4 is 29.6 Å². The van der Waals surface area contributed by atoms with E-state index in [1.54, 1.807) is 0 Å². The summed E-state index contributed by atoms with van der Waals surface area (Å²) in [5.41, 5.74) is -2.09. The number of aliphatic hydroxyl groups is 1. The molecule has 0 aromatic rings. The molecule has 0 saturated heterocycles. The van der Waals surface area contributed by atoms with E-state index in [2.05, 4.69) is 0 Å². The van der Waals surface area contributed by atoms with Gasteiger partial charge >= 0.3 is 29.6 Å². The Hall–Kier alpha value is 0.540. The average Bonchev–Trinajstić information content (AvgIpc) is 2.03. The summed E-state index contributed by atoms with van der Waals surface area (Å²) in [5, 5.41) is 8.79. The molecule has 0 spiro atoms. The van der Waals surface area contributed by atoms with Crippen molar-refractivity contribution in [3.63, 3.8) is 0 Å². The van der Waals surface area contributed by atoms with E-state index < -0.39 is 22.0 Å². The summed E-state index contributed by atoms with van der Waals surface area (Å²) in [4.78, 5) is 11.0. The van der Waals surface area contributed by atoms with E-state index in [0.717, 1.165) is 12.8 Å². The van der Waals surface area contributed by atoms with Crippen LogP contribution in [0.1, 0.15) is 39.0 Å². The quantitative estimate of drug-likeness (QED) is 0.302. The van der Waals surface area contributed by atoms with E-state index in [-0.39, 0.29) is 41.8 Å². The van der Waals surface area contributed by atoms with Gasteiger partial charge in [-0.3, -0.25) is 4.79 Å². The van der Waals surface area contributed by atoms with E-state index in [1.165, 1.54) is 0 Å². The topological polar surface area (TPSA) is 94.5 Å². The first-order chi connectivity index (χ1) is 6.38. The molecule has 0 amide bonds. The molecule has 0 radical (unpaired) electrons. The third-order valence-electron chi connectivity index (χ3n) is 1.79. The number of hydrogen-bond acceptors (Lipinski definition) is 5. The molecule has 0 rings (SSSR count). The molecule has 7 heteroatoms. The SMILES string of the molecule is CCCCCC(=O)CC(O)S(=O)(=O)[O-].[Na+]. The first-order valence-electron chi connectivity index (χ1n) is 4.52. The minimum atomic E-state index is -4.74. The van der Waals surface area contributed by atoms with Crippen molar-refractivity contribution in [2.75, 3.05) is 0 Å². The van der Waals surface area contributed by atoms with Crippen molar-refractivity contribution in [3.8, 4) is 0 Å². The van der Waals surface area contributed by atoms with Crippen LogP contribution in [0, 0.1) is 0 Å². The zero-order valence-corrected chi connectivity index (χ0v) is 11.9. The summed E-state index contributed by atoms with van der Waals surface area (Å²) in [7, 11) is -4.74. The number of carbonyl (C=O) groups excluding carboxylic acids is 1. The van der Waals surface area contributed by atoms with Crippen LogP contribution in [0.5, 0.6) is 0 Å². The Morgan fingerprint density at radius 2 is 1.93 bits per heavy atom. The van der Waals surface area contributed by atoms with E-state index in [9.17, 15) is 17.8 Å². The third kappa shape index (κ3) is 9.47. The Bertz CT molecular complexity index is 275. The molecule has 0 aromatic carbocycles. The summed E-state index contributed by atoms with van der Waals surface area (Å²) in [5.74, 6) is -0.384. The van der Waals surface area contributed by atoms with Crippen molar-refractivity contribution in [1.82, 2.24) is 0 Å². The minimum absolute atomic E-state index is 0. The van der Waals surface area contributed by atoms with Gasteiger partial charge in [0.15, 0.2) is 0 Å². The maximum atomic E-state index is 11.0. The van der Waals surface area contributed by atoms with Gasteiger partial charge in [-0.15, -0.1) is 0 Å². The Morgan fingerprint density at radius 3 is 2.33 bits per heavy atom. The van der Waals surface area contributed by atoms with Gasteiger partial charge in [-0.1, -0.05) is 19.8 Å². The second-order valence-electron chi connectivity index (χ2n) is 3.15. The second-order valence-corrected chi connectivity index (χ2v) is 4.68. The second kappa shape index (κ2) is 8.66. The summed E-state index contributed by atoms with van der Waals surface area (Å²) in [6, 6.07) is 0. The van der Waals surface area contributed by atoms with Gasteiger partial charge in [-0.25, -0.2) is 8.42 Å². The number of Topliss-reactive ketones (excluding diaryl/α,β-unsaturated/α-hetero) is 1. The molecule has 0 bridgehead atoms. The molecule has 15 heavy (non-hydrogen) atoms. The van der Waals surface area contributed by atoms with Gasteiger partial charge in [0.1, 0.15) is 21.3 Å². The van der Waals surface area contributed by atoms with Gasteiger partial charge in [-0.2, -0.15) is 0 Å². The Kier molecular flexibility index (Phi) is 10.4. The normalized spacial score (nSPS) is 13.0. The van der Waals surface area contributed by atoms with Gasteiger partial charge in [0.05, 0.1) is 0 Å². The fourth-order valence-electron chi connectivity index (χ4n) is 0.971. The Balaban J connectivity index is 0. The molecule has 0 aliphatic carbocycles. The molecular formula is C8H15NaO5S. The maximum Gasteiger partial charge on any atom is 1.00 e. The van der Waals surface area contributed by atoms with Crippen molar-refractivity contribution in [3.05, 3.63) is 0 Å². The van der Waals surface area contributed by atoms with E-state index in [0.29, 0.717) is 6.42 Å². The van der Waals surface area contributed by atoms with E-state index in [4.69, 9.17) is 5.11 Å². The van der Waals surface area contributed by atoms with Crippen LogP contribution in [0.4, 0.5) is 0 Å². The molecule has 5 nitrogen and oxygen atoms in total. The number of unbranched alkanes of at least 4 members (excludes halogenated alkanes) is 2. The standard InChI is InChI=1S/C8H16O5S.Na/c1-2-3-4-5-7(9)6-8(10)14(11,12)13;/h8,10H,2-6H2,1H3,(H,11,12,13);/q;+1/p-1. The van der Waals surface area contributed by atoms with Gasteiger partial charge in [0.25, 0.3) is 0 Å². The number of ketones is 1.